The molecule has 1 heterocycles. The first kappa shape index (κ1) is 9.06. The molecular formula is C11H13FN2. The summed E-state index contributed by atoms with van der Waals surface area (Å²) in [6, 6.07) is 7.78. The average molecular weight is 192 g/mol. The van der Waals surface area contributed by atoms with Gasteiger partial charge in [-0.05, 0) is 12.5 Å². The van der Waals surface area contributed by atoms with Crippen molar-refractivity contribution in [1.29, 1.82) is 0 Å². The Bertz CT molecular complexity index is 360. The molecule has 0 unspecified atom stereocenters. The molecule has 0 fully saturated rings. The number of nitrogens with one attached hydrogen (secondary N) is 1. The highest BCUT2D eigenvalue weighted by Gasteiger charge is 2.15. The Balaban J connectivity index is 2.37. The van der Waals surface area contributed by atoms with Gasteiger partial charge in [-0.3, -0.25) is 10.4 Å². The van der Waals surface area contributed by atoms with Crippen LogP contribution in [-0.4, -0.2) is 6.54 Å². The Kier molecular flexibility index (Phi) is 2.39. The van der Waals surface area contributed by atoms with Gasteiger partial charge in [0.15, 0.2) is 0 Å². The van der Waals surface area contributed by atoms with E-state index in [0.717, 1.165) is 24.2 Å². The van der Waals surface area contributed by atoms with Gasteiger partial charge in [0.25, 0.3) is 0 Å². The van der Waals surface area contributed by atoms with Crippen LogP contribution in [0.1, 0.15) is 18.9 Å². The van der Waals surface area contributed by atoms with Gasteiger partial charge >= 0.3 is 0 Å². The Labute approximate surface area is 83.0 Å². The number of nitrogens with zero attached hydrogens (tertiary/aromatic N) is 1. The van der Waals surface area contributed by atoms with Gasteiger partial charge in [0.1, 0.15) is 0 Å². The molecule has 0 spiro atoms. The molecule has 0 saturated carbocycles. The zero-order valence-corrected chi connectivity index (χ0v) is 8.13. The molecular weight excluding hydrogens is 179 g/mol. The maximum absolute atomic E-state index is 13.1. The smallest absolute Gasteiger partial charge is 0.206 e. The second kappa shape index (κ2) is 3.70. The van der Waals surface area contributed by atoms with Gasteiger partial charge in [-0.2, -0.15) is 4.39 Å². The number of benzene rings is 1. The Morgan fingerprint density at radius 2 is 2.14 bits per heavy atom. The Morgan fingerprint density at radius 1 is 1.36 bits per heavy atom. The van der Waals surface area contributed by atoms with Crippen LogP contribution >= 0.6 is 0 Å². The normalized spacial score (nSPS) is 14.4. The Hall–Kier alpha value is -1.51. The maximum atomic E-state index is 13.1. The summed E-state index contributed by atoms with van der Waals surface area (Å²) >= 11 is 0. The van der Waals surface area contributed by atoms with E-state index >= 15 is 0 Å². The summed E-state index contributed by atoms with van der Waals surface area (Å²) in [6.07, 6.45) is 2.50. The second-order valence-electron chi connectivity index (χ2n) is 3.31. The molecule has 14 heavy (non-hydrogen) atoms. The van der Waals surface area contributed by atoms with E-state index in [1.165, 1.54) is 6.08 Å². The number of rotatable bonds is 2. The molecule has 0 saturated heterocycles. The molecule has 0 aromatic heterocycles. The first-order valence-electron chi connectivity index (χ1n) is 4.81. The van der Waals surface area contributed by atoms with E-state index < -0.39 is 0 Å². The lowest BCUT2D eigenvalue weighted by atomic mass is 10.1. The highest BCUT2D eigenvalue weighted by atomic mass is 19.1. The average Bonchev–Trinajstić information content (AvgIpc) is 2.18. The molecule has 1 N–H and O–H groups in total. The van der Waals surface area contributed by atoms with E-state index in [-0.39, 0.29) is 5.95 Å². The number of hydrogen-bond donors (Lipinski definition) is 1. The van der Waals surface area contributed by atoms with Crippen LogP contribution in [0.3, 0.4) is 0 Å². The van der Waals surface area contributed by atoms with Crippen LogP contribution in [0.2, 0.25) is 0 Å². The third-order valence-corrected chi connectivity index (χ3v) is 2.20. The van der Waals surface area contributed by atoms with Crippen LogP contribution in [0.15, 0.2) is 30.2 Å². The fourth-order valence-electron chi connectivity index (χ4n) is 1.61. The monoisotopic (exact) mass is 192 g/mol. The van der Waals surface area contributed by atoms with Gasteiger partial charge in [0.05, 0.1) is 5.69 Å². The number of fused-ring (bicyclic) bond motifs is 1. The fraction of sp³-hybridized carbons (Fsp3) is 0.273. The minimum atomic E-state index is -0.294. The summed E-state index contributed by atoms with van der Waals surface area (Å²) in [5.41, 5.74) is 4.67. The maximum Gasteiger partial charge on any atom is 0.206 e. The minimum absolute atomic E-state index is 0.294. The molecule has 1 aromatic carbocycles. The third-order valence-electron chi connectivity index (χ3n) is 2.20. The molecule has 0 radical (unpaired) electrons. The van der Waals surface area contributed by atoms with E-state index in [0.29, 0.717) is 0 Å². The highest BCUT2D eigenvalue weighted by molar-refractivity contribution is 5.70. The summed E-state index contributed by atoms with van der Waals surface area (Å²) in [5, 5.41) is 1.84. The SMILES string of the molecule is CCCN1NC(F)=Cc2ccccc21. The summed E-state index contributed by atoms with van der Waals surface area (Å²) in [7, 11) is 0. The number of para-hydroxylation sites is 1. The summed E-state index contributed by atoms with van der Waals surface area (Å²) in [4.78, 5) is 0. The molecule has 0 amide bonds. The van der Waals surface area contributed by atoms with Crippen molar-refractivity contribution in [2.75, 3.05) is 11.6 Å². The van der Waals surface area contributed by atoms with Crippen molar-refractivity contribution in [3.8, 4) is 0 Å². The van der Waals surface area contributed by atoms with Gasteiger partial charge in [-0.1, -0.05) is 25.1 Å². The number of hydrazine groups is 1. The topological polar surface area (TPSA) is 15.3 Å². The quantitative estimate of drug-likeness (QED) is 0.725. The van der Waals surface area contributed by atoms with Gasteiger partial charge in [0.2, 0.25) is 5.95 Å². The number of halogens is 1. The van der Waals surface area contributed by atoms with Crippen molar-refractivity contribution in [1.82, 2.24) is 5.43 Å². The predicted octanol–water partition coefficient (Wildman–Crippen LogP) is 2.69. The minimum Gasteiger partial charge on any atom is -0.285 e. The lowest BCUT2D eigenvalue weighted by molar-refractivity contribution is 0.520. The highest BCUT2D eigenvalue weighted by Crippen LogP contribution is 2.25. The molecule has 3 heteroatoms. The van der Waals surface area contributed by atoms with E-state index in [1.807, 2.05) is 29.3 Å². The molecule has 1 aromatic rings. The van der Waals surface area contributed by atoms with Crippen LogP contribution in [0.25, 0.3) is 6.08 Å². The van der Waals surface area contributed by atoms with Crippen molar-refractivity contribution in [2.24, 2.45) is 0 Å². The van der Waals surface area contributed by atoms with Crippen molar-refractivity contribution in [3.63, 3.8) is 0 Å². The summed E-state index contributed by atoms with van der Waals surface area (Å²) in [6.45, 7) is 2.87. The second-order valence-corrected chi connectivity index (χ2v) is 3.31. The van der Waals surface area contributed by atoms with Crippen LogP contribution < -0.4 is 10.4 Å². The zero-order valence-electron chi connectivity index (χ0n) is 8.13. The first-order chi connectivity index (χ1) is 6.81. The predicted molar refractivity (Wildman–Crippen MR) is 56.3 cm³/mol. The largest absolute Gasteiger partial charge is 0.285 e. The van der Waals surface area contributed by atoms with E-state index in [2.05, 4.69) is 12.3 Å². The summed E-state index contributed by atoms with van der Waals surface area (Å²) in [5.74, 6) is -0.294. The van der Waals surface area contributed by atoms with Crippen molar-refractivity contribution in [2.45, 2.75) is 13.3 Å². The third kappa shape index (κ3) is 1.58. The standard InChI is InChI=1S/C11H13FN2/c1-2-7-14-10-6-4-3-5-9(10)8-11(12)13-14/h3-6,8,13H,2,7H2,1H3. The first-order valence-corrected chi connectivity index (χ1v) is 4.81. The molecule has 2 nitrogen and oxygen atoms in total. The van der Waals surface area contributed by atoms with Crippen LogP contribution in [0.4, 0.5) is 10.1 Å². The van der Waals surface area contributed by atoms with Crippen LogP contribution in [-0.2, 0) is 0 Å². The lowest BCUT2D eigenvalue weighted by Gasteiger charge is -2.29. The molecule has 0 atom stereocenters. The molecule has 0 aliphatic carbocycles. The van der Waals surface area contributed by atoms with Gasteiger partial charge in [-0.25, -0.2) is 0 Å². The molecule has 1 aliphatic heterocycles. The lowest BCUT2D eigenvalue weighted by Crippen LogP contribution is -2.39. The molecule has 2 rings (SSSR count). The number of hydrogen-bond acceptors (Lipinski definition) is 2. The van der Waals surface area contributed by atoms with Crippen molar-refractivity contribution >= 4 is 11.8 Å². The van der Waals surface area contributed by atoms with Crippen LogP contribution in [0, 0.1) is 0 Å². The molecule has 74 valence electrons. The molecule has 0 bridgehead atoms. The van der Waals surface area contributed by atoms with E-state index in [4.69, 9.17) is 0 Å². The Morgan fingerprint density at radius 3 is 2.93 bits per heavy atom. The van der Waals surface area contributed by atoms with Crippen molar-refractivity contribution in [3.05, 3.63) is 35.8 Å². The fourth-order valence-corrected chi connectivity index (χ4v) is 1.61. The van der Waals surface area contributed by atoms with Gasteiger partial charge in [0, 0.05) is 18.2 Å². The van der Waals surface area contributed by atoms with Gasteiger partial charge in [-0.15, -0.1) is 0 Å². The number of anilines is 1. The zero-order chi connectivity index (χ0) is 9.97. The van der Waals surface area contributed by atoms with E-state index in [1.54, 1.807) is 0 Å². The molecule has 1 aliphatic rings. The van der Waals surface area contributed by atoms with Crippen LogP contribution in [0.5, 0.6) is 0 Å². The van der Waals surface area contributed by atoms with E-state index in [9.17, 15) is 4.39 Å². The van der Waals surface area contributed by atoms with Gasteiger partial charge < -0.3 is 0 Å². The summed E-state index contributed by atoms with van der Waals surface area (Å²) < 4.78 is 13.1. The van der Waals surface area contributed by atoms with Crippen molar-refractivity contribution < 1.29 is 4.39 Å².